The zero-order valence-corrected chi connectivity index (χ0v) is 16.9. The number of amides is 3. The molecule has 3 amide bonds. The summed E-state index contributed by atoms with van der Waals surface area (Å²) in [6.45, 7) is 7.97. The predicted molar refractivity (Wildman–Crippen MR) is 107 cm³/mol. The van der Waals surface area contributed by atoms with Gasteiger partial charge in [-0.25, -0.2) is 0 Å². The highest BCUT2D eigenvalue weighted by Gasteiger charge is 2.26. The van der Waals surface area contributed by atoms with Gasteiger partial charge in [0.15, 0.2) is 0 Å². The molecule has 1 rings (SSSR count). The van der Waals surface area contributed by atoms with Crippen molar-refractivity contribution in [1.82, 2.24) is 15.5 Å². The van der Waals surface area contributed by atoms with E-state index in [1.54, 1.807) is 11.8 Å². The predicted octanol–water partition coefficient (Wildman–Crippen LogP) is 2.62. The van der Waals surface area contributed by atoms with Gasteiger partial charge in [-0.15, -0.1) is 0 Å². The first-order valence-corrected chi connectivity index (χ1v) is 9.76. The van der Waals surface area contributed by atoms with Crippen LogP contribution in [-0.2, 0) is 20.9 Å². The lowest BCUT2D eigenvalue weighted by Gasteiger charge is -2.33. The fraction of sp³-hybridized carbons (Fsp3) is 0.571. The summed E-state index contributed by atoms with van der Waals surface area (Å²) in [5.41, 5.74) is 1.02. The maximum absolute atomic E-state index is 12.5. The molecule has 0 bridgehead atoms. The number of hydrogen-bond donors (Lipinski definition) is 2. The molecule has 2 unspecified atom stereocenters. The Morgan fingerprint density at radius 3 is 2.33 bits per heavy atom. The van der Waals surface area contributed by atoms with Crippen LogP contribution in [0.1, 0.15) is 58.9 Å². The van der Waals surface area contributed by atoms with E-state index in [9.17, 15) is 14.4 Å². The summed E-state index contributed by atoms with van der Waals surface area (Å²) in [5, 5.41) is 5.83. The second-order valence-electron chi connectivity index (χ2n) is 6.89. The zero-order chi connectivity index (χ0) is 20.2. The summed E-state index contributed by atoms with van der Waals surface area (Å²) in [5.74, 6) is -0.145. The number of hydrogen-bond acceptors (Lipinski definition) is 3. The molecule has 0 spiro atoms. The van der Waals surface area contributed by atoms with Gasteiger partial charge in [-0.1, -0.05) is 44.2 Å². The molecule has 0 aliphatic carbocycles. The lowest BCUT2D eigenvalue weighted by Crippen LogP contribution is -2.49. The molecule has 6 heteroatoms. The Hall–Kier alpha value is -2.37. The van der Waals surface area contributed by atoms with E-state index in [4.69, 9.17) is 0 Å². The van der Waals surface area contributed by atoms with Crippen LogP contribution in [0.25, 0.3) is 0 Å². The van der Waals surface area contributed by atoms with Crippen molar-refractivity contribution < 1.29 is 14.4 Å². The highest BCUT2D eigenvalue weighted by Crippen LogP contribution is 2.15. The van der Waals surface area contributed by atoms with Gasteiger partial charge >= 0.3 is 0 Å². The quantitative estimate of drug-likeness (QED) is 0.551. The minimum absolute atomic E-state index is 0.0245. The summed E-state index contributed by atoms with van der Waals surface area (Å²) in [6, 6.07) is 9.13. The monoisotopic (exact) mass is 375 g/mol. The van der Waals surface area contributed by atoms with Crippen LogP contribution >= 0.6 is 0 Å². The van der Waals surface area contributed by atoms with E-state index in [2.05, 4.69) is 10.6 Å². The summed E-state index contributed by atoms with van der Waals surface area (Å²) in [7, 11) is 0. The second kappa shape index (κ2) is 12.1. The van der Waals surface area contributed by atoms with Crippen LogP contribution in [0, 0.1) is 0 Å². The van der Waals surface area contributed by atoms with Crippen LogP contribution in [0.2, 0.25) is 0 Å². The van der Waals surface area contributed by atoms with Crippen molar-refractivity contribution in [3.63, 3.8) is 0 Å². The molecule has 0 radical (unpaired) electrons. The Bertz CT molecular complexity index is 592. The number of carbonyl (C=O) groups excluding carboxylic acids is 3. The maximum atomic E-state index is 12.5. The van der Waals surface area contributed by atoms with E-state index >= 15 is 0 Å². The molecule has 0 aromatic heterocycles. The third-order valence-electron chi connectivity index (χ3n) is 4.81. The molecule has 0 saturated heterocycles. The van der Waals surface area contributed by atoms with Crippen molar-refractivity contribution >= 4 is 18.2 Å². The summed E-state index contributed by atoms with van der Waals surface area (Å²) in [6.07, 6.45) is 3.46. The van der Waals surface area contributed by atoms with Crippen LogP contribution in [-0.4, -0.2) is 41.2 Å². The average molecular weight is 376 g/mol. The molecule has 1 aromatic carbocycles. The molecule has 0 saturated carbocycles. The van der Waals surface area contributed by atoms with Crippen molar-refractivity contribution in [2.24, 2.45) is 0 Å². The lowest BCUT2D eigenvalue weighted by atomic mass is 10.0. The van der Waals surface area contributed by atoms with Gasteiger partial charge in [0.2, 0.25) is 18.2 Å². The second-order valence-corrected chi connectivity index (χ2v) is 6.89. The van der Waals surface area contributed by atoms with E-state index < -0.39 is 6.04 Å². The molecule has 0 heterocycles. The van der Waals surface area contributed by atoms with E-state index in [-0.39, 0.29) is 23.9 Å². The van der Waals surface area contributed by atoms with Gasteiger partial charge < -0.3 is 15.5 Å². The number of rotatable bonds is 12. The Kier molecular flexibility index (Phi) is 10.2. The normalized spacial score (nSPS) is 13.9. The van der Waals surface area contributed by atoms with Crippen molar-refractivity contribution in [1.29, 1.82) is 0 Å². The highest BCUT2D eigenvalue weighted by molar-refractivity contribution is 5.83. The molecular weight excluding hydrogens is 342 g/mol. The first kappa shape index (κ1) is 22.7. The summed E-state index contributed by atoms with van der Waals surface area (Å²) < 4.78 is 0. The van der Waals surface area contributed by atoms with Crippen molar-refractivity contribution in [3.05, 3.63) is 35.9 Å². The molecule has 2 N–H and O–H groups in total. The molecule has 0 aliphatic rings. The minimum atomic E-state index is -0.545. The van der Waals surface area contributed by atoms with Crippen molar-refractivity contribution in [3.8, 4) is 0 Å². The van der Waals surface area contributed by atoms with Crippen LogP contribution in [0.15, 0.2) is 30.3 Å². The number of benzene rings is 1. The third-order valence-corrected chi connectivity index (χ3v) is 4.81. The molecule has 1 aromatic rings. The van der Waals surface area contributed by atoms with E-state index in [1.165, 1.54) is 0 Å². The topological polar surface area (TPSA) is 78.5 Å². The molecule has 0 aliphatic heterocycles. The molecule has 150 valence electrons. The molecule has 27 heavy (non-hydrogen) atoms. The van der Waals surface area contributed by atoms with Crippen molar-refractivity contribution in [2.75, 3.05) is 0 Å². The summed E-state index contributed by atoms with van der Waals surface area (Å²) in [4.78, 5) is 37.2. The molecule has 3 atom stereocenters. The largest absolute Gasteiger partial charge is 0.354 e. The molecular formula is C21H33N3O3. The Balaban J connectivity index is 2.59. The van der Waals surface area contributed by atoms with Gasteiger partial charge in [-0.05, 0) is 38.7 Å². The maximum Gasteiger partial charge on any atom is 0.242 e. The van der Waals surface area contributed by atoms with E-state index in [1.807, 2.05) is 51.1 Å². The Labute approximate surface area is 162 Å². The van der Waals surface area contributed by atoms with Crippen LogP contribution in [0.3, 0.4) is 0 Å². The third kappa shape index (κ3) is 7.81. The van der Waals surface area contributed by atoms with Crippen LogP contribution < -0.4 is 10.6 Å². The van der Waals surface area contributed by atoms with Gasteiger partial charge in [0.25, 0.3) is 0 Å². The standard InChI is InChI=1S/C21H33N3O3/c1-5-19(13-12-16(3)23-20(26)6-2)24(15-25)17(4)21(27)22-14-18-10-8-7-9-11-18/h7-11,15-17,19H,5-6,12-14H2,1-4H3,(H,22,27)(H,23,26)/t16?,17-,19?/m0/s1. The Morgan fingerprint density at radius 1 is 1.11 bits per heavy atom. The smallest absolute Gasteiger partial charge is 0.242 e. The number of nitrogens with zero attached hydrogens (tertiary/aromatic N) is 1. The number of nitrogens with one attached hydrogen (secondary N) is 2. The highest BCUT2D eigenvalue weighted by atomic mass is 16.2. The van der Waals surface area contributed by atoms with Gasteiger partial charge in [-0.2, -0.15) is 0 Å². The van der Waals surface area contributed by atoms with E-state index in [0.29, 0.717) is 13.0 Å². The van der Waals surface area contributed by atoms with Crippen LogP contribution in [0.4, 0.5) is 0 Å². The summed E-state index contributed by atoms with van der Waals surface area (Å²) >= 11 is 0. The Morgan fingerprint density at radius 2 is 1.78 bits per heavy atom. The first-order chi connectivity index (χ1) is 12.9. The van der Waals surface area contributed by atoms with Crippen LogP contribution in [0.5, 0.6) is 0 Å². The fourth-order valence-corrected chi connectivity index (χ4v) is 3.02. The minimum Gasteiger partial charge on any atom is -0.354 e. The average Bonchev–Trinajstić information content (AvgIpc) is 2.69. The van der Waals surface area contributed by atoms with E-state index in [0.717, 1.165) is 31.2 Å². The lowest BCUT2D eigenvalue weighted by molar-refractivity contribution is -0.134. The van der Waals surface area contributed by atoms with Gasteiger partial charge in [0.05, 0.1) is 0 Å². The molecule has 6 nitrogen and oxygen atoms in total. The number of carbonyl (C=O) groups is 3. The zero-order valence-electron chi connectivity index (χ0n) is 16.9. The van der Waals surface area contributed by atoms with Gasteiger partial charge in [-0.3, -0.25) is 14.4 Å². The first-order valence-electron chi connectivity index (χ1n) is 9.76. The van der Waals surface area contributed by atoms with Gasteiger partial charge in [0, 0.05) is 25.0 Å². The van der Waals surface area contributed by atoms with Crippen molar-refractivity contribution in [2.45, 2.75) is 78.0 Å². The SMILES string of the molecule is CCC(=O)NC(C)CCC(CC)N(C=O)[C@@H](C)C(=O)NCc1ccccc1. The van der Waals surface area contributed by atoms with Gasteiger partial charge in [0.1, 0.15) is 6.04 Å². The fourth-order valence-electron chi connectivity index (χ4n) is 3.02. The molecule has 0 fully saturated rings.